The number of benzene rings is 2. The van der Waals surface area contributed by atoms with E-state index >= 15 is 0 Å². The van der Waals surface area contributed by atoms with Crippen molar-refractivity contribution < 1.29 is 14.3 Å². The van der Waals surface area contributed by atoms with E-state index < -0.39 is 0 Å². The molecule has 0 aliphatic carbocycles. The van der Waals surface area contributed by atoms with Crippen LogP contribution in [0.25, 0.3) is 11.1 Å². The van der Waals surface area contributed by atoms with Gasteiger partial charge in [-0.1, -0.05) is 54.6 Å². The van der Waals surface area contributed by atoms with Crippen LogP contribution in [0.1, 0.15) is 20.8 Å². The van der Waals surface area contributed by atoms with Gasteiger partial charge in [-0.3, -0.25) is 9.69 Å². The number of nitrogens with zero attached hydrogens (tertiary/aromatic N) is 2. The highest BCUT2D eigenvalue weighted by Crippen LogP contribution is 2.39. The standard InChI is InChI=1S/C27H31N3O3S/c31-26(28-19-22-8-4-5-9-23(22)20-29-10-14-32-15-11-29)25-18-24(21-6-2-1-3-7-21)27(34-25)30-12-16-33-17-13-30/h1-9,18H,10-17,19-20H2,(H,28,31). The van der Waals surface area contributed by atoms with Crippen LogP contribution < -0.4 is 10.2 Å². The van der Waals surface area contributed by atoms with Gasteiger partial charge in [0, 0.05) is 44.8 Å². The number of carbonyl (C=O) groups is 1. The summed E-state index contributed by atoms with van der Waals surface area (Å²) < 4.78 is 11.0. The SMILES string of the molecule is O=C(NCc1ccccc1CN1CCOCC1)c1cc(-c2ccccc2)c(N2CCOCC2)s1. The van der Waals surface area contributed by atoms with Crippen LogP contribution in [-0.2, 0) is 22.6 Å². The van der Waals surface area contributed by atoms with E-state index in [1.807, 2.05) is 30.3 Å². The zero-order valence-electron chi connectivity index (χ0n) is 19.4. The second kappa shape index (κ2) is 11.1. The molecule has 7 heteroatoms. The number of hydrogen-bond acceptors (Lipinski definition) is 6. The maximum atomic E-state index is 13.2. The van der Waals surface area contributed by atoms with Crippen LogP contribution in [0, 0.1) is 0 Å². The van der Waals surface area contributed by atoms with Crippen molar-refractivity contribution in [2.45, 2.75) is 13.1 Å². The Hall–Kier alpha value is -2.71. The summed E-state index contributed by atoms with van der Waals surface area (Å²) in [5.41, 5.74) is 4.67. The zero-order valence-corrected chi connectivity index (χ0v) is 20.2. The summed E-state index contributed by atoms with van der Waals surface area (Å²) in [6, 6.07) is 20.7. The Bertz CT molecular complexity index is 1090. The topological polar surface area (TPSA) is 54.0 Å². The third-order valence-electron chi connectivity index (χ3n) is 6.37. The van der Waals surface area contributed by atoms with Crippen LogP contribution in [0.5, 0.6) is 0 Å². The lowest BCUT2D eigenvalue weighted by atomic mass is 10.1. The molecule has 0 spiro atoms. The second-order valence-corrected chi connectivity index (χ2v) is 9.67. The summed E-state index contributed by atoms with van der Waals surface area (Å²) >= 11 is 1.57. The number of thiophene rings is 1. The predicted octanol–water partition coefficient (Wildman–Crippen LogP) is 4.01. The summed E-state index contributed by atoms with van der Waals surface area (Å²) in [6.45, 7) is 7.98. The van der Waals surface area contributed by atoms with E-state index in [-0.39, 0.29) is 5.91 Å². The molecule has 2 saturated heterocycles. The van der Waals surface area contributed by atoms with Gasteiger partial charge in [0.15, 0.2) is 0 Å². The van der Waals surface area contributed by atoms with Gasteiger partial charge in [-0.25, -0.2) is 0 Å². The van der Waals surface area contributed by atoms with Gasteiger partial charge in [-0.05, 0) is 22.8 Å². The molecular formula is C27H31N3O3S. The number of hydrogen-bond donors (Lipinski definition) is 1. The molecule has 0 atom stereocenters. The third-order valence-corrected chi connectivity index (χ3v) is 7.57. The molecular weight excluding hydrogens is 446 g/mol. The normalized spacial score (nSPS) is 17.0. The van der Waals surface area contributed by atoms with Crippen LogP contribution in [-0.4, -0.2) is 63.4 Å². The van der Waals surface area contributed by atoms with Gasteiger partial charge in [-0.2, -0.15) is 0 Å². The number of nitrogens with one attached hydrogen (secondary N) is 1. The number of anilines is 1. The van der Waals surface area contributed by atoms with Crippen molar-refractivity contribution in [2.75, 3.05) is 57.5 Å². The summed E-state index contributed by atoms with van der Waals surface area (Å²) in [5.74, 6) is -0.0251. The van der Waals surface area contributed by atoms with Crippen molar-refractivity contribution in [3.05, 3.63) is 76.7 Å². The lowest BCUT2D eigenvalue weighted by Gasteiger charge is -2.28. The lowest BCUT2D eigenvalue weighted by Crippen LogP contribution is -2.36. The summed E-state index contributed by atoms with van der Waals surface area (Å²) in [4.78, 5) is 18.7. The van der Waals surface area contributed by atoms with Crippen LogP contribution in [0.2, 0.25) is 0 Å². The van der Waals surface area contributed by atoms with Gasteiger partial charge in [-0.15, -0.1) is 11.3 Å². The Morgan fingerprint density at radius 1 is 0.853 bits per heavy atom. The molecule has 2 aliphatic rings. The smallest absolute Gasteiger partial charge is 0.261 e. The Kier molecular flexibility index (Phi) is 7.56. The number of rotatable bonds is 7. The van der Waals surface area contributed by atoms with Crippen LogP contribution in [0.15, 0.2) is 60.7 Å². The molecule has 34 heavy (non-hydrogen) atoms. The van der Waals surface area contributed by atoms with Crippen LogP contribution >= 0.6 is 11.3 Å². The Labute approximate surface area is 205 Å². The van der Waals surface area contributed by atoms with Crippen LogP contribution in [0.3, 0.4) is 0 Å². The Morgan fingerprint density at radius 3 is 2.24 bits per heavy atom. The molecule has 2 aromatic carbocycles. The van der Waals surface area contributed by atoms with Gasteiger partial charge in [0.05, 0.1) is 36.3 Å². The number of morpholine rings is 2. The fourth-order valence-corrected chi connectivity index (χ4v) is 5.61. The van der Waals surface area contributed by atoms with Crippen molar-refractivity contribution in [3.63, 3.8) is 0 Å². The van der Waals surface area contributed by atoms with Crippen molar-refractivity contribution in [1.29, 1.82) is 0 Å². The molecule has 1 N–H and O–H groups in total. The molecule has 2 aliphatic heterocycles. The highest BCUT2D eigenvalue weighted by molar-refractivity contribution is 7.18. The summed E-state index contributed by atoms with van der Waals surface area (Å²) in [5, 5.41) is 4.32. The minimum atomic E-state index is -0.0251. The average molecular weight is 478 g/mol. The number of carbonyl (C=O) groups excluding carboxylic acids is 1. The molecule has 6 nitrogen and oxygen atoms in total. The van der Waals surface area contributed by atoms with Crippen molar-refractivity contribution >= 4 is 22.2 Å². The molecule has 1 amide bonds. The molecule has 0 bridgehead atoms. The van der Waals surface area contributed by atoms with Crippen molar-refractivity contribution in [1.82, 2.24) is 10.2 Å². The molecule has 5 rings (SSSR count). The minimum Gasteiger partial charge on any atom is -0.379 e. The first kappa shape index (κ1) is 23.1. The minimum absolute atomic E-state index is 0.0251. The quantitative estimate of drug-likeness (QED) is 0.557. The molecule has 0 radical (unpaired) electrons. The molecule has 1 aromatic heterocycles. The maximum absolute atomic E-state index is 13.2. The molecule has 3 heterocycles. The highest BCUT2D eigenvalue weighted by Gasteiger charge is 2.22. The van der Waals surface area contributed by atoms with E-state index in [0.717, 1.165) is 72.5 Å². The highest BCUT2D eigenvalue weighted by atomic mass is 32.1. The fraction of sp³-hybridized carbons (Fsp3) is 0.370. The van der Waals surface area contributed by atoms with E-state index in [1.165, 1.54) is 5.56 Å². The van der Waals surface area contributed by atoms with Gasteiger partial charge in [0.25, 0.3) is 5.91 Å². The van der Waals surface area contributed by atoms with Crippen LogP contribution in [0.4, 0.5) is 5.00 Å². The van der Waals surface area contributed by atoms with E-state index in [0.29, 0.717) is 19.8 Å². The molecule has 3 aromatic rings. The Balaban J connectivity index is 1.32. The van der Waals surface area contributed by atoms with Gasteiger partial charge >= 0.3 is 0 Å². The lowest BCUT2D eigenvalue weighted by molar-refractivity contribution is 0.0340. The fourth-order valence-electron chi connectivity index (χ4n) is 4.47. The van der Waals surface area contributed by atoms with E-state index in [1.54, 1.807) is 11.3 Å². The molecule has 0 saturated carbocycles. The second-order valence-electron chi connectivity index (χ2n) is 8.63. The summed E-state index contributed by atoms with van der Waals surface area (Å²) in [6.07, 6.45) is 0. The molecule has 2 fully saturated rings. The third kappa shape index (κ3) is 5.50. The van der Waals surface area contributed by atoms with Gasteiger partial charge < -0.3 is 19.7 Å². The van der Waals surface area contributed by atoms with E-state index in [4.69, 9.17) is 9.47 Å². The monoisotopic (exact) mass is 477 g/mol. The maximum Gasteiger partial charge on any atom is 0.261 e. The Morgan fingerprint density at radius 2 is 1.50 bits per heavy atom. The first-order chi connectivity index (χ1) is 16.8. The molecule has 178 valence electrons. The number of ether oxygens (including phenoxy) is 2. The zero-order chi connectivity index (χ0) is 23.2. The van der Waals surface area contributed by atoms with Crippen molar-refractivity contribution in [2.24, 2.45) is 0 Å². The average Bonchev–Trinajstić information content (AvgIpc) is 3.35. The van der Waals surface area contributed by atoms with E-state index in [2.05, 4.69) is 45.4 Å². The molecule has 0 unspecified atom stereocenters. The van der Waals surface area contributed by atoms with Gasteiger partial charge in [0.1, 0.15) is 0 Å². The summed E-state index contributed by atoms with van der Waals surface area (Å²) in [7, 11) is 0. The first-order valence-electron chi connectivity index (χ1n) is 11.9. The van der Waals surface area contributed by atoms with Crippen molar-refractivity contribution in [3.8, 4) is 11.1 Å². The largest absolute Gasteiger partial charge is 0.379 e. The number of amides is 1. The predicted molar refractivity (Wildman–Crippen MR) is 136 cm³/mol. The first-order valence-corrected chi connectivity index (χ1v) is 12.8. The van der Waals surface area contributed by atoms with Gasteiger partial charge in [0.2, 0.25) is 0 Å². The van der Waals surface area contributed by atoms with E-state index in [9.17, 15) is 4.79 Å².